The average Bonchev–Trinajstić information content (AvgIpc) is 2.49. The Labute approximate surface area is 154 Å². The molecule has 0 heterocycles. The van der Waals surface area contributed by atoms with Gasteiger partial charge >= 0.3 is 0 Å². The molecule has 0 N–H and O–H groups in total. The van der Waals surface area contributed by atoms with Crippen LogP contribution in [0.5, 0.6) is 11.5 Å². The highest BCUT2D eigenvalue weighted by molar-refractivity contribution is 9.11. The molecule has 6 heteroatoms. The Balaban J connectivity index is 2.56. The lowest BCUT2D eigenvalue weighted by Crippen LogP contribution is -2.00. The van der Waals surface area contributed by atoms with E-state index in [0.717, 1.165) is 31.6 Å². The highest BCUT2D eigenvalue weighted by Crippen LogP contribution is 2.44. The normalized spacial score (nSPS) is 12.1. The van der Waals surface area contributed by atoms with E-state index in [1.165, 1.54) is 0 Å². The third kappa shape index (κ3) is 3.58. The minimum absolute atomic E-state index is 0.112. The van der Waals surface area contributed by atoms with Crippen LogP contribution in [0.15, 0.2) is 39.3 Å². The van der Waals surface area contributed by atoms with Crippen LogP contribution in [0.3, 0.4) is 0 Å². The van der Waals surface area contributed by atoms with Gasteiger partial charge in [-0.15, -0.1) is 0 Å². The number of hydrogen-bond acceptors (Lipinski definition) is 2. The van der Waals surface area contributed by atoms with Crippen LogP contribution >= 0.6 is 59.4 Å². The van der Waals surface area contributed by atoms with Crippen molar-refractivity contribution in [1.29, 1.82) is 0 Å². The maximum absolute atomic E-state index is 6.38. The van der Waals surface area contributed by atoms with Crippen LogP contribution in [0.1, 0.15) is 16.0 Å². The quantitative estimate of drug-likeness (QED) is 0.456. The third-order valence-electron chi connectivity index (χ3n) is 3.03. The summed E-state index contributed by atoms with van der Waals surface area (Å²) < 4.78 is 12.5. The Morgan fingerprint density at radius 3 is 2.24 bits per heavy atom. The van der Waals surface area contributed by atoms with Gasteiger partial charge in [-0.25, -0.2) is 0 Å². The standard InChI is InChI=1S/C15H12Br3ClO2/c1-20-12-7-11(17)13(21-2)6-9(12)14(18)8-4-3-5-10(16)15(8)19/h3-7,14H,1-2H3. The number of benzene rings is 2. The molecule has 2 rings (SSSR count). The molecular weight excluding hydrogens is 487 g/mol. The summed E-state index contributed by atoms with van der Waals surface area (Å²) in [6, 6.07) is 9.64. The molecule has 0 bridgehead atoms. The summed E-state index contributed by atoms with van der Waals surface area (Å²) in [5.74, 6) is 1.49. The van der Waals surface area contributed by atoms with Crippen LogP contribution in [-0.4, -0.2) is 14.2 Å². The Bertz CT molecular complexity index is 662. The molecule has 0 radical (unpaired) electrons. The second-order valence-electron chi connectivity index (χ2n) is 4.23. The second-order valence-corrected chi connectivity index (χ2v) is 7.24. The first kappa shape index (κ1) is 17.1. The average molecular weight is 499 g/mol. The van der Waals surface area contributed by atoms with E-state index in [2.05, 4.69) is 47.8 Å². The fraction of sp³-hybridized carbons (Fsp3) is 0.200. The van der Waals surface area contributed by atoms with Crippen LogP contribution in [0.25, 0.3) is 0 Å². The number of ether oxygens (including phenoxy) is 2. The summed E-state index contributed by atoms with van der Waals surface area (Å²) in [5, 5.41) is 0.670. The van der Waals surface area contributed by atoms with Crippen LogP contribution < -0.4 is 9.47 Å². The lowest BCUT2D eigenvalue weighted by atomic mass is 10.0. The monoisotopic (exact) mass is 496 g/mol. The van der Waals surface area contributed by atoms with Crippen LogP contribution in [0.2, 0.25) is 5.02 Å². The van der Waals surface area contributed by atoms with Crippen LogP contribution in [0.4, 0.5) is 0 Å². The minimum Gasteiger partial charge on any atom is -0.496 e. The second kappa shape index (κ2) is 7.36. The van der Waals surface area contributed by atoms with E-state index in [9.17, 15) is 0 Å². The Morgan fingerprint density at radius 1 is 0.952 bits per heavy atom. The molecule has 1 unspecified atom stereocenters. The Morgan fingerprint density at radius 2 is 1.62 bits per heavy atom. The Kier molecular flexibility index (Phi) is 6.00. The number of rotatable bonds is 4. The summed E-state index contributed by atoms with van der Waals surface area (Å²) in [5.41, 5.74) is 1.89. The first-order chi connectivity index (χ1) is 9.99. The van der Waals surface area contributed by atoms with Crippen molar-refractivity contribution in [2.45, 2.75) is 4.83 Å². The number of halogens is 4. The molecule has 112 valence electrons. The van der Waals surface area contributed by atoms with Gasteiger partial charge in [0.15, 0.2) is 0 Å². The molecule has 0 saturated carbocycles. The molecule has 0 aromatic heterocycles. The summed E-state index contributed by atoms with van der Waals surface area (Å²) in [6.07, 6.45) is 0. The first-order valence-corrected chi connectivity index (χ1v) is 8.87. The molecule has 0 amide bonds. The smallest absolute Gasteiger partial charge is 0.133 e. The van der Waals surface area contributed by atoms with E-state index < -0.39 is 0 Å². The van der Waals surface area contributed by atoms with Crippen molar-refractivity contribution >= 4 is 59.4 Å². The van der Waals surface area contributed by atoms with Crippen molar-refractivity contribution in [3.63, 3.8) is 0 Å². The van der Waals surface area contributed by atoms with Crippen molar-refractivity contribution < 1.29 is 9.47 Å². The van der Waals surface area contributed by atoms with Crippen LogP contribution in [0, 0.1) is 0 Å². The van der Waals surface area contributed by atoms with E-state index in [1.807, 2.05) is 30.3 Å². The molecule has 21 heavy (non-hydrogen) atoms. The fourth-order valence-corrected chi connectivity index (χ4v) is 3.94. The minimum atomic E-state index is -0.112. The predicted molar refractivity (Wildman–Crippen MR) is 97.2 cm³/mol. The van der Waals surface area contributed by atoms with Gasteiger partial charge < -0.3 is 9.47 Å². The largest absolute Gasteiger partial charge is 0.496 e. The molecular formula is C15H12Br3ClO2. The van der Waals surface area contributed by atoms with Crippen molar-refractivity contribution in [3.8, 4) is 11.5 Å². The van der Waals surface area contributed by atoms with E-state index in [0.29, 0.717) is 5.02 Å². The van der Waals surface area contributed by atoms with E-state index in [-0.39, 0.29) is 4.83 Å². The highest BCUT2D eigenvalue weighted by atomic mass is 79.9. The number of methoxy groups -OCH3 is 2. The molecule has 2 aromatic carbocycles. The molecule has 1 atom stereocenters. The fourth-order valence-electron chi connectivity index (χ4n) is 1.97. The molecule has 0 aliphatic heterocycles. The SMILES string of the molecule is COc1cc(C(Br)c2cccc(Br)c2Cl)c(OC)cc1Br. The lowest BCUT2D eigenvalue weighted by molar-refractivity contribution is 0.397. The van der Waals surface area contributed by atoms with Gasteiger partial charge in [-0.05, 0) is 55.6 Å². The zero-order chi connectivity index (χ0) is 15.6. The van der Waals surface area contributed by atoms with E-state index in [4.69, 9.17) is 21.1 Å². The number of hydrogen-bond donors (Lipinski definition) is 0. The van der Waals surface area contributed by atoms with Crippen molar-refractivity contribution in [3.05, 3.63) is 55.4 Å². The summed E-state index contributed by atoms with van der Waals surface area (Å²) in [4.78, 5) is -0.112. The maximum atomic E-state index is 6.38. The third-order valence-corrected chi connectivity index (χ3v) is 5.95. The van der Waals surface area contributed by atoms with E-state index in [1.54, 1.807) is 14.2 Å². The summed E-state index contributed by atoms with van der Waals surface area (Å²) in [6.45, 7) is 0. The van der Waals surface area contributed by atoms with Crippen molar-refractivity contribution in [1.82, 2.24) is 0 Å². The van der Waals surface area contributed by atoms with Gasteiger partial charge in [-0.2, -0.15) is 0 Å². The first-order valence-electron chi connectivity index (χ1n) is 5.99. The van der Waals surface area contributed by atoms with Gasteiger partial charge in [0, 0.05) is 10.0 Å². The van der Waals surface area contributed by atoms with Gasteiger partial charge in [0.1, 0.15) is 11.5 Å². The van der Waals surface area contributed by atoms with E-state index >= 15 is 0 Å². The lowest BCUT2D eigenvalue weighted by Gasteiger charge is -2.18. The molecule has 0 spiro atoms. The van der Waals surface area contributed by atoms with Gasteiger partial charge in [0.2, 0.25) is 0 Å². The molecule has 0 aliphatic rings. The summed E-state index contributed by atoms with van der Waals surface area (Å²) in [7, 11) is 3.27. The summed E-state index contributed by atoms with van der Waals surface area (Å²) >= 11 is 17.0. The van der Waals surface area contributed by atoms with Crippen molar-refractivity contribution in [2.75, 3.05) is 14.2 Å². The van der Waals surface area contributed by atoms with Crippen LogP contribution in [-0.2, 0) is 0 Å². The van der Waals surface area contributed by atoms with Crippen molar-refractivity contribution in [2.24, 2.45) is 0 Å². The van der Waals surface area contributed by atoms with Gasteiger partial charge in [-0.3, -0.25) is 0 Å². The molecule has 0 fully saturated rings. The molecule has 2 aromatic rings. The van der Waals surface area contributed by atoms with Gasteiger partial charge in [-0.1, -0.05) is 39.7 Å². The predicted octanol–water partition coefficient (Wildman–Crippen LogP) is 6.37. The van der Waals surface area contributed by atoms with Gasteiger partial charge in [0.25, 0.3) is 0 Å². The maximum Gasteiger partial charge on any atom is 0.133 e. The van der Waals surface area contributed by atoms with Gasteiger partial charge in [0.05, 0.1) is 28.5 Å². The zero-order valence-corrected chi connectivity index (χ0v) is 16.8. The highest BCUT2D eigenvalue weighted by Gasteiger charge is 2.21. The molecule has 0 saturated heterocycles. The zero-order valence-electron chi connectivity index (χ0n) is 11.3. The molecule has 0 aliphatic carbocycles. The molecule has 2 nitrogen and oxygen atoms in total. The Hall–Kier alpha value is -0.230. The number of alkyl halides is 1. The topological polar surface area (TPSA) is 18.5 Å².